The van der Waals surface area contributed by atoms with Crippen molar-refractivity contribution in [1.29, 1.82) is 0 Å². The molecule has 1 aromatic carbocycles. The molecule has 0 saturated carbocycles. The highest BCUT2D eigenvalue weighted by Gasteiger charge is 2.22. The fourth-order valence-corrected chi connectivity index (χ4v) is 2.94. The Labute approximate surface area is 148 Å². The van der Waals surface area contributed by atoms with Crippen molar-refractivity contribution in [2.24, 2.45) is 0 Å². The molecule has 25 heavy (non-hydrogen) atoms. The Hall–Kier alpha value is -2.18. The van der Waals surface area contributed by atoms with E-state index in [2.05, 4.69) is 24.3 Å². The second-order valence-electron chi connectivity index (χ2n) is 6.62. The van der Waals surface area contributed by atoms with Crippen LogP contribution in [0.25, 0.3) is 5.69 Å². The maximum atomic E-state index is 12.7. The van der Waals surface area contributed by atoms with Gasteiger partial charge in [0, 0.05) is 6.54 Å². The average molecular weight is 343 g/mol. The normalized spacial score (nSPS) is 17.7. The van der Waals surface area contributed by atoms with Gasteiger partial charge in [0.05, 0.1) is 49.1 Å². The van der Waals surface area contributed by atoms with E-state index in [1.54, 1.807) is 6.20 Å². The first-order chi connectivity index (χ1) is 12.1. The fourth-order valence-electron chi connectivity index (χ4n) is 2.94. The second-order valence-corrected chi connectivity index (χ2v) is 6.62. The highest BCUT2D eigenvalue weighted by molar-refractivity contribution is 5.95. The van der Waals surface area contributed by atoms with Gasteiger partial charge in [-0.1, -0.05) is 31.5 Å². The van der Waals surface area contributed by atoms with Crippen molar-refractivity contribution >= 4 is 5.91 Å². The zero-order chi connectivity index (χ0) is 17.8. The third kappa shape index (κ3) is 4.08. The van der Waals surface area contributed by atoms with Crippen LogP contribution in [-0.4, -0.2) is 48.2 Å². The minimum Gasteiger partial charge on any atom is -0.376 e. The standard InChI is InChI=1S/C19H25N3O3/c1-13(2)18-17(19(23)20-10-16-12-24-8-9-25-16)11-21-22(18)15-6-4-14(3)5-7-15/h4-7,11,13,16H,8-10,12H2,1-3H3,(H,20,23)/t16-/m1/s1. The molecule has 1 atom stereocenters. The van der Waals surface area contributed by atoms with E-state index in [0.29, 0.717) is 31.9 Å². The average Bonchev–Trinajstić information content (AvgIpc) is 3.06. The summed E-state index contributed by atoms with van der Waals surface area (Å²) in [7, 11) is 0. The lowest BCUT2D eigenvalue weighted by molar-refractivity contribution is -0.0855. The van der Waals surface area contributed by atoms with E-state index >= 15 is 0 Å². The Bertz CT molecular complexity index is 716. The molecule has 0 aliphatic carbocycles. The van der Waals surface area contributed by atoms with Gasteiger partial charge in [-0.25, -0.2) is 4.68 Å². The maximum absolute atomic E-state index is 12.7. The largest absolute Gasteiger partial charge is 0.376 e. The topological polar surface area (TPSA) is 65.4 Å². The first-order valence-electron chi connectivity index (χ1n) is 8.68. The van der Waals surface area contributed by atoms with E-state index in [1.165, 1.54) is 5.56 Å². The summed E-state index contributed by atoms with van der Waals surface area (Å²) in [5, 5.41) is 7.39. The number of aromatic nitrogens is 2. The number of hydrogen-bond acceptors (Lipinski definition) is 4. The summed E-state index contributed by atoms with van der Waals surface area (Å²) in [6, 6.07) is 8.12. The third-order valence-electron chi connectivity index (χ3n) is 4.25. The summed E-state index contributed by atoms with van der Waals surface area (Å²) in [6.45, 7) is 8.32. The number of nitrogens with zero attached hydrogens (tertiary/aromatic N) is 2. The molecule has 2 heterocycles. The molecule has 1 aromatic heterocycles. The Morgan fingerprint density at radius 3 is 2.72 bits per heavy atom. The number of benzene rings is 1. The molecule has 0 radical (unpaired) electrons. The molecule has 0 unspecified atom stereocenters. The fraction of sp³-hybridized carbons (Fsp3) is 0.474. The third-order valence-corrected chi connectivity index (χ3v) is 4.25. The summed E-state index contributed by atoms with van der Waals surface area (Å²) >= 11 is 0. The second kappa shape index (κ2) is 7.80. The molecule has 0 bridgehead atoms. The van der Waals surface area contributed by atoms with Crippen LogP contribution in [0.4, 0.5) is 0 Å². The number of hydrogen-bond donors (Lipinski definition) is 1. The lowest BCUT2D eigenvalue weighted by Gasteiger charge is -2.23. The van der Waals surface area contributed by atoms with Gasteiger partial charge in [-0.15, -0.1) is 0 Å². The van der Waals surface area contributed by atoms with E-state index in [9.17, 15) is 4.79 Å². The van der Waals surface area contributed by atoms with Crippen LogP contribution in [0, 0.1) is 6.92 Å². The van der Waals surface area contributed by atoms with Crippen molar-refractivity contribution in [2.75, 3.05) is 26.4 Å². The predicted octanol–water partition coefficient (Wildman–Crippen LogP) is 2.45. The van der Waals surface area contributed by atoms with Gasteiger partial charge in [-0.05, 0) is 25.0 Å². The van der Waals surface area contributed by atoms with E-state index in [0.717, 1.165) is 11.4 Å². The molecule has 3 rings (SSSR count). The van der Waals surface area contributed by atoms with Gasteiger partial charge in [0.25, 0.3) is 5.91 Å². The Morgan fingerprint density at radius 1 is 1.32 bits per heavy atom. The van der Waals surface area contributed by atoms with E-state index in [4.69, 9.17) is 9.47 Å². The molecule has 0 spiro atoms. The van der Waals surface area contributed by atoms with Crippen LogP contribution in [-0.2, 0) is 9.47 Å². The van der Waals surface area contributed by atoms with E-state index in [1.807, 2.05) is 35.9 Å². The summed E-state index contributed by atoms with van der Waals surface area (Å²) in [5.41, 5.74) is 3.65. The Balaban J connectivity index is 1.78. The van der Waals surface area contributed by atoms with Crippen LogP contribution < -0.4 is 5.32 Å². The highest BCUT2D eigenvalue weighted by atomic mass is 16.6. The SMILES string of the molecule is Cc1ccc(-n2ncc(C(=O)NC[C@@H]3COCCO3)c2C(C)C)cc1. The van der Waals surface area contributed by atoms with Gasteiger partial charge in [-0.3, -0.25) is 4.79 Å². The molecule has 134 valence electrons. The minimum absolute atomic E-state index is 0.0904. The van der Waals surface area contributed by atoms with Gasteiger partial charge >= 0.3 is 0 Å². The van der Waals surface area contributed by atoms with Crippen LogP contribution in [0.2, 0.25) is 0 Å². The number of ether oxygens (including phenoxy) is 2. The number of rotatable bonds is 5. The molecule has 2 aromatic rings. The van der Waals surface area contributed by atoms with E-state index < -0.39 is 0 Å². The quantitative estimate of drug-likeness (QED) is 0.906. The summed E-state index contributed by atoms with van der Waals surface area (Å²) in [6.07, 6.45) is 1.55. The van der Waals surface area contributed by atoms with Crippen molar-refractivity contribution in [2.45, 2.75) is 32.8 Å². The van der Waals surface area contributed by atoms with Crippen molar-refractivity contribution in [3.05, 3.63) is 47.3 Å². The summed E-state index contributed by atoms with van der Waals surface area (Å²) in [4.78, 5) is 12.7. The monoisotopic (exact) mass is 343 g/mol. The number of aryl methyl sites for hydroxylation is 1. The summed E-state index contributed by atoms with van der Waals surface area (Å²) < 4.78 is 12.8. The minimum atomic E-state index is -0.128. The van der Waals surface area contributed by atoms with Crippen molar-refractivity contribution in [3.63, 3.8) is 0 Å². The van der Waals surface area contributed by atoms with Crippen LogP contribution in [0.3, 0.4) is 0 Å². The highest BCUT2D eigenvalue weighted by Crippen LogP contribution is 2.23. The molecule has 1 aliphatic heterocycles. The number of carbonyl (C=O) groups excluding carboxylic acids is 1. The van der Waals surface area contributed by atoms with Crippen LogP contribution in [0.1, 0.15) is 41.4 Å². The number of carbonyl (C=O) groups is 1. The van der Waals surface area contributed by atoms with Crippen molar-refractivity contribution < 1.29 is 14.3 Å². The van der Waals surface area contributed by atoms with E-state index in [-0.39, 0.29) is 17.9 Å². The molecule has 1 saturated heterocycles. The maximum Gasteiger partial charge on any atom is 0.254 e. The zero-order valence-corrected chi connectivity index (χ0v) is 15.0. The molecule has 1 N–H and O–H groups in total. The van der Waals surface area contributed by atoms with Crippen LogP contribution in [0.5, 0.6) is 0 Å². The van der Waals surface area contributed by atoms with Gasteiger partial charge in [0.15, 0.2) is 0 Å². The smallest absolute Gasteiger partial charge is 0.254 e. The van der Waals surface area contributed by atoms with Crippen molar-refractivity contribution in [3.8, 4) is 5.69 Å². The van der Waals surface area contributed by atoms with Gasteiger partial charge < -0.3 is 14.8 Å². The Kier molecular flexibility index (Phi) is 5.50. The molecule has 1 amide bonds. The van der Waals surface area contributed by atoms with Gasteiger partial charge in [0.1, 0.15) is 0 Å². The molecular formula is C19H25N3O3. The summed E-state index contributed by atoms with van der Waals surface area (Å²) in [5.74, 6) is 0.0371. The number of amides is 1. The van der Waals surface area contributed by atoms with Crippen LogP contribution in [0.15, 0.2) is 30.5 Å². The molecule has 6 heteroatoms. The molecule has 1 fully saturated rings. The van der Waals surface area contributed by atoms with Gasteiger partial charge in [0.2, 0.25) is 0 Å². The molecular weight excluding hydrogens is 318 g/mol. The lowest BCUT2D eigenvalue weighted by Crippen LogP contribution is -2.39. The first-order valence-corrected chi connectivity index (χ1v) is 8.68. The Morgan fingerprint density at radius 2 is 2.08 bits per heavy atom. The number of nitrogens with one attached hydrogen (secondary N) is 1. The molecule has 6 nitrogen and oxygen atoms in total. The lowest BCUT2D eigenvalue weighted by atomic mass is 10.0. The van der Waals surface area contributed by atoms with Crippen LogP contribution >= 0.6 is 0 Å². The van der Waals surface area contributed by atoms with Gasteiger partial charge in [-0.2, -0.15) is 5.10 Å². The zero-order valence-electron chi connectivity index (χ0n) is 15.0. The predicted molar refractivity (Wildman–Crippen MR) is 95.3 cm³/mol. The molecule has 1 aliphatic rings. The van der Waals surface area contributed by atoms with Crippen molar-refractivity contribution in [1.82, 2.24) is 15.1 Å². The first kappa shape index (κ1) is 17.6.